The highest BCUT2D eigenvalue weighted by molar-refractivity contribution is 6.01. The predicted molar refractivity (Wildman–Crippen MR) is 120 cm³/mol. The summed E-state index contributed by atoms with van der Waals surface area (Å²) in [6.45, 7) is 5.04. The molecule has 0 amide bonds. The molecule has 0 aliphatic carbocycles. The molecule has 166 valence electrons. The Labute approximate surface area is 182 Å². The van der Waals surface area contributed by atoms with E-state index in [9.17, 15) is 9.18 Å². The molecule has 7 heteroatoms. The van der Waals surface area contributed by atoms with Gasteiger partial charge in [-0.2, -0.15) is 0 Å². The van der Waals surface area contributed by atoms with Crippen LogP contribution in [0.5, 0.6) is 0 Å². The molecule has 1 fully saturated rings. The average molecular weight is 428 g/mol. The molecule has 31 heavy (non-hydrogen) atoms. The van der Waals surface area contributed by atoms with E-state index in [0.717, 1.165) is 63.2 Å². The number of oxime groups is 1. The highest BCUT2D eigenvalue weighted by Crippen LogP contribution is 2.17. The van der Waals surface area contributed by atoms with Crippen LogP contribution in [-0.2, 0) is 11.2 Å². The van der Waals surface area contributed by atoms with Crippen LogP contribution in [0.15, 0.2) is 53.7 Å². The Kier molecular flexibility index (Phi) is 8.41. The Morgan fingerprint density at radius 3 is 2.23 bits per heavy atom. The van der Waals surface area contributed by atoms with Crippen molar-refractivity contribution in [2.24, 2.45) is 5.16 Å². The zero-order valence-electron chi connectivity index (χ0n) is 17.7. The summed E-state index contributed by atoms with van der Waals surface area (Å²) >= 11 is 0. The minimum Gasteiger partial charge on any atom is -0.481 e. The fourth-order valence-electron chi connectivity index (χ4n) is 3.89. The van der Waals surface area contributed by atoms with Crippen LogP contribution in [0.4, 0.5) is 10.1 Å². The maximum atomic E-state index is 13.1. The minimum absolute atomic E-state index is 0.0562. The van der Waals surface area contributed by atoms with Crippen molar-refractivity contribution < 1.29 is 19.5 Å². The van der Waals surface area contributed by atoms with Gasteiger partial charge in [-0.25, -0.2) is 4.39 Å². The number of carbonyl (C=O) groups is 1. The quantitative estimate of drug-likeness (QED) is 0.259. The molecule has 2 aromatic carbocycles. The van der Waals surface area contributed by atoms with Gasteiger partial charge < -0.3 is 15.2 Å². The van der Waals surface area contributed by atoms with Gasteiger partial charge in [-0.3, -0.25) is 9.69 Å². The van der Waals surface area contributed by atoms with Crippen LogP contribution in [0.25, 0.3) is 0 Å². The smallest absolute Gasteiger partial charge is 0.303 e. The number of carboxylic acid groups (broad SMARTS) is 1. The van der Waals surface area contributed by atoms with Gasteiger partial charge in [0, 0.05) is 38.3 Å². The topological polar surface area (TPSA) is 76.4 Å². The first-order valence-electron chi connectivity index (χ1n) is 10.8. The molecular weight excluding hydrogens is 397 g/mol. The van der Waals surface area contributed by atoms with Crippen molar-refractivity contribution in [2.45, 2.75) is 32.1 Å². The summed E-state index contributed by atoms with van der Waals surface area (Å²) in [6.07, 6.45) is 3.35. The van der Waals surface area contributed by atoms with Gasteiger partial charge in [0.15, 0.2) is 0 Å². The molecule has 1 saturated heterocycles. The van der Waals surface area contributed by atoms with Gasteiger partial charge in [-0.1, -0.05) is 29.4 Å². The number of unbranched alkanes of at least 4 members (excludes halogenated alkanes) is 1. The fraction of sp³-hybridized carbons (Fsp3) is 0.417. The Bertz CT molecular complexity index is 861. The minimum atomic E-state index is -0.908. The number of piperazine rings is 1. The van der Waals surface area contributed by atoms with Gasteiger partial charge in [0.05, 0.1) is 12.1 Å². The van der Waals surface area contributed by atoms with E-state index < -0.39 is 5.97 Å². The van der Waals surface area contributed by atoms with Crippen molar-refractivity contribution in [1.29, 1.82) is 0 Å². The van der Waals surface area contributed by atoms with E-state index >= 15 is 0 Å². The number of halogens is 1. The molecule has 1 heterocycles. The molecule has 2 aromatic rings. The summed E-state index contributed by atoms with van der Waals surface area (Å²) in [6, 6.07) is 14.5. The van der Waals surface area contributed by atoms with Crippen LogP contribution in [0.3, 0.4) is 0 Å². The standard InChI is InChI=1S/C24H30FN3O3/c25-21-8-10-22(11-9-21)28-17-15-27(16-18-28)14-2-1-3-19-4-6-20(7-5-19)23(26-31)12-13-24(29)30/h4-11,31H,1-3,12-18H2,(H,29,30)/b26-23-. The van der Waals surface area contributed by atoms with Crippen molar-refractivity contribution in [1.82, 2.24) is 4.90 Å². The lowest BCUT2D eigenvalue weighted by atomic mass is 10.0. The largest absolute Gasteiger partial charge is 0.481 e. The number of hydrogen-bond donors (Lipinski definition) is 2. The first-order valence-corrected chi connectivity index (χ1v) is 10.8. The Morgan fingerprint density at radius 2 is 1.61 bits per heavy atom. The number of anilines is 1. The zero-order valence-corrected chi connectivity index (χ0v) is 17.7. The molecule has 0 unspecified atom stereocenters. The number of nitrogens with zero attached hydrogens (tertiary/aromatic N) is 3. The third-order valence-corrected chi connectivity index (χ3v) is 5.74. The highest BCUT2D eigenvalue weighted by atomic mass is 19.1. The average Bonchev–Trinajstić information content (AvgIpc) is 2.79. The molecule has 0 saturated carbocycles. The van der Waals surface area contributed by atoms with Gasteiger partial charge in [0.1, 0.15) is 5.82 Å². The lowest BCUT2D eigenvalue weighted by molar-refractivity contribution is -0.136. The molecule has 1 aliphatic rings. The van der Waals surface area contributed by atoms with Gasteiger partial charge in [0.25, 0.3) is 0 Å². The summed E-state index contributed by atoms with van der Waals surface area (Å²) in [5, 5.41) is 21.1. The van der Waals surface area contributed by atoms with Crippen LogP contribution in [0.1, 0.15) is 36.8 Å². The molecule has 6 nitrogen and oxygen atoms in total. The van der Waals surface area contributed by atoms with Crippen molar-refractivity contribution in [2.75, 3.05) is 37.6 Å². The summed E-state index contributed by atoms with van der Waals surface area (Å²) in [5.74, 6) is -1.10. The molecular formula is C24H30FN3O3. The third-order valence-electron chi connectivity index (χ3n) is 5.74. The van der Waals surface area contributed by atoms with Crippen LogP contribution < -0.4 is 4.90 Å². The lowest BCUT2D eigenvalue weighted by Crippen LogP contribution is -2.46. The normalized spacial score (nSPS) is 15.3. The summed E-state index contributed by atoms with van der Waals surface area (Å²) in [4.78, 5) is 15.5. The molecule has 0 aromatic heterocycles. The van der Waals surface area contributed by atoms with Crippen molar-refractivity contribution >= 4 is 17.4 Å². The Balaban J connectivity index is 1.35. The Hall–Kier alpha value is -2.93. The summed E-state index contributed by atoms with van der Waals surface area (Å²) in [7, 11) is 0. The van der Waals surface area contributed by atoms with Gasteiger partial charge in [-0.15, -0.1) is 0 Å². The maximum Gasteiger partial charge on any atom is 0.303 e. The van der Waals surface area contributed by atoms with E-state index in [-0.39, 0.29) is 18.7 Å². The molecule has 1 aliphatic heterocycles. The number of hydrogen-bond acceptors (Lipinski definition) is 5. The van der Waals surface area contributed by atoms with E-state index in [0.29, 0.717) is 5.71 Å². The molecule has 0 atom stereocenters. The second-order valence-corrected chi connectivity index (χ2v) is 7.90. The van der Waals surface area contributed by atoms with Gasteiger partial charge >= 0.3 is 5.97 Å². The maximum absolute atomic E-state index is 13.1. The Morgan fingerprint density at radius 1 is 0.935 bits per heavy atom. The summed E-state index contributed by atoms with van der Waals surface area (Å²) in [5.41, 5.74) is 3.46. The number of aryl methyl sites for hydroxylation is 1. The van der Waals surface area contributed by atoms with Crippen LogP contribution in [-0.4, -0.2) is 59.6 Å². The van der Waals surface area contributed by atoms with E-state index in [2.05, 4.69) is 15.0 Å². The lowest BCUT2D eigenvalue weighted by Gasteiger charge is -2.36. The van der Waals surface area contributed by atoms with Crippen molar-refractivity contribution in [3.05, 3.63) is 65.5 Å². The molecule has 2 N–H and O–H groups in total. The van der Waals surface area contributed by atoms with E-state index in [4.69, 9.17) is 10.3 Å². The van der Waals surface area contributed by atoms with Crippen LogP contribution in [0.2, 0.25) is 0 Å². The van der Waals surface area contributed by atoms with Crippen LogP contribution in [0, 0.1) is 5.82 Å². The van der Waals surface area contributed by atoms with Gasteiger partial charge in [0.2, 0.25) is 0 Å². The monoisotopic (exact) mass is 427 g/mol. The SMILES string of the molecule is O=C(O)CC/C(=N/O)c1ccc(CCCCN2CCN(c3ccc(F)cc3)CC2)cc1. The zero-order chi connectivity index (χ0) is 22.1. The fourth-order valence-corrected chi connectivity index (χ4v) is 3.89. The van der Waals surface area contributed by atoms with Crippen molar-refractivity contribution in [3.63, 3.8) is 0 Å². The number of benzene rings is 2. The summed E-state index contributed by atoms with van der Waals surface area (Å²) < 4.78 is 13.1. The first kappa shape index (κ1) is 22.7. The first-order chi connectivity index (χ1) is 15.0. The van der Waals surface area contributed by atoms with E-state index in [1.165, 1.54) is 17.7 Å². The number of rotatable bonds is 10. The third kappa shape index (κ3) is 7.07. The molecule has 3 rings (SSSR count). The molecule has 0 spiro atoms. The van der Waals surface area contributed by atoms with Crippen LogP contribution >= 0.6 is 0 Å². The number of aliphatic carboxylic acids is 1. The second kappa shape index (κ2) is 11.5. The highest BCUT2D eigenvalue weighted by Gasteiger charge is 2.16. The van der Waals surface area contributed by atoms with E-state index in [1.54, 1.807) is 0 Å². The molecule has 0 radical (unpaired) electrons. The number of carboxylic acids is 1. The van der Waals surface area contributed by atoms with Gasteiger partial charge in [-0.05, 0) is 61.2 Å². The second-order valence-electron chi connectivity index (χ2n) is 7.90. The predicted octanol–water partition coefficient (Wildman–Crippen LogP) is 4.01. The van der Waals surface area contributed by atoms with Crippen molar-refractivity contribution in [3.8, 4) is 0 Å². The van der Waals surface area contributed by atoms with E-state index in [1.807, 2.05) is 36.4 Å². The molecule has 0 bridgehead atoms.